The maximum absolute atomic E-state index is 12.9. The molecular formula is C18H28N2O4S. The third-order valence-electron chi connectivity index (χ3n) is 4.35. The van der Waals surface area contributed by atoms with Crippen molar-refractivity contribution in [2.75, 3.05) is 26.2 Å². The van der Waals surface area contributed by atoms with Crippen molar-refractivity contribution in [3.63, 3.8) is 0 Å². The Morgan fingerprint density at radius 1 is 1.20 bits per heavy atom. The maximum Gasteiger partial charge on any atom is 0.245 e. The molecule has 0 unspecified atom stereocenters. The van der Waals surface area contributed by atoms with Crippen LogP contribution in [-0.4, -0.2) is 50.5 Å². The van der Waals surface area contributed by atoms with Crippen LogP contribution in [0.1, 0.15) is 50.4 Å². The van der Waals surface area contributed by atoms with Gasteiger partial charge in [0.2, 0.25) is 10.0 Å². The Kier molecular flexibility index (Phi) is 6.73. The largest absolute Gasteiger partial charge is 0.358 e. The first-order valence-corrected chi connectivity index (χ1v) is 10.3. The molecule has 1 aromatic carbocycles. The predicted molar refractivity (Wildman–Crippen MR) is 97.1 cm³/mol. The topological polar surface area (TPSA) is 75.7 Å². The molecule has 2 aliphatic rings. The minimum Gasteiger partial charge on any atom is -0.358 e. The normalized spacial score (nSPS) is 20.1. The van der Waals surface area contributed by atoms with E-state index in [0.717, 1.165) is 13.1 Å². The van der Waals surface area contributed by atoms with E-state index in [2.05, 4.69) is 19.2 Å². The highest BCUT2D eigenvalue weighted by Gasteiger charge is 2.49. The summed E-state index contributed by atoms with van der Waals surface area (Å²) in [6.07, 6.45) is 2.55. The monoisotopic (exact) mass is 368 g/mol. The van der Waals surface area contributed by atoms with Gasteiger partial charge in [0.25, 0.3) is 0 Å². The second-order valence-corrected chi connectivity index (χ2v) is 8.27. The van der Waals surface area contributed by atoms with Crippen LogP contribution in [0.25, 0.3) is 0 Å². The second kappa shape index (κ2) is 8.40. The number of nitrogens with zero attached hydrogens (tertiary/aromatic N) is 1. The number of carbonyl (C=O) groups excluding carboxylic acids is 1. The number of hydrogen-bond acceptors (Lipinski definition) is 5. The van der Waals surface area contributed by atoms with E-state index in [9.17, 15) is 13.2 Å². The fourth-order valence-electron chi connectivity index (χ4n) is 3.13. The molecule has 0 amide bonds. The van der Waals surface area contributed by atoms with Crippen LogP contribution in [0.15, 0.2) is 29.2 Å². The van der Waals surface area contributed by atoms with Gasteiger partial charge in [-0.15, -0.1) is 0 Å². The molecule has 0 bridgehead atoms. The van der Waals surface area contributed by atoms with Gasteiger partial charge in [0.15, 0.2) is 5.78 Å². The molecule has 1 aromatic rings. The van der Waals surface area contributed by atoms with Gasteiger partial charge in [0, 0.05) is 24.9 Å². The van der Waals surface area contributed by atoms with Crippen molar-refractivity contribution >= 4 is 15.8 Å². The highest BCUT2D eigenvalue weighted by molar-refractivity contribution is 7.89. The summed E-state index contributed by atoms with van der Waals surface area (Å²) >= 11 is 0. The van der Waals surface area contributed by atoms with Crippen LogP contribution in [0.3, 0.4) is 0 Å². The van der Waals surface area contributed by atoms with Gasteiger partial charge >= 0.3 is 0 Å². The lowest BCUT2D eigenvalue weighted by atomic mass is 10.0. The number of sulfonamides is 1. The van der Waals surface area contributed by atoms with Crippen molar-refractivity contribution in [3.8, 4) is 0 Å². The predicted octanol–water partition coefficient (Wildman–Crippen LogP) is 2.41. The van der Waals surface area contributed by atoms with Crippen molar-refractivity contribution in [1.82, 2.24) is 9.62 Å². The molecular weight excluding hydrogens is 340 g/mol. The smallest absolute Gasteiger partial charge is 0.245 e. The van der Waals surface area contributed by atoms with Crippen molar-refractivity contribution in [2.24, 2.45) is 0 Å². The highest BCUT2D eigenvalue weighted by atomic mass is 32.2. The number of ether oxygens (including phenoxy) is 1. The summed E-state index contributed by atoms with van der Waals surface area (Å²) in [5.41, 5.74) is -0.211. The molecule has 2 fully saturated rings. The average molecular weight is 368 g/mol. The Morgan fingerprint density at radius 3 is 2.28 bits per heavy atom. The minimum atomic E-state index is -3.62. The van der Waals surface area contributed by atoms with Crippen LogP contribution >= 0.6 is 0 Å². The van der Waals surface area contributed by atoms with Gasteiger partial charge in [-0.25, -0.2) is 8.42 Å². The molecule has 140 valence electrons. The number of benzene rings is 1. The number of Topliss-reactive ketones (excluding diaryl/α,β-unsaturated/α-hetero) is 1. The van der Waals surface area contributed by atoms with Crippen LogP contribution in [0.2, 0.25) is 0 Å². The lowest BCUT2D eigenvalue weighted by Gasteiger charge is -2.39. The first kappa shape index (κ1) is 20.0. The van der Waals surface area contributed by atoms with E-state index >= 15 is 0 Å². The van der Waals surface area contributed by atoms with E-state index < -0.39 is 15.7 Å². The van der Waals surface area contributed by atoms with Gasteiger partial charge < -0.3 is 10.1 Å². The van der Waals surface area contributed by atoms with Crippen molar-refractivity contribution in [1.29, 1.82) is 0 Å². The number of ketones is 1. The summed E-state index contributed by atoms with van der Waals surface area (Å²) in [7, 11) is -3.62. The number of piperidine rings is 1. The molecule has 0 atom stereocenters. The average Bonchev–Trinajstić information content (AvgIpc) is 3.00. The van der Waals surface area contributed by atoms with Crippen molar-refractivity contribution in [3.05, 3.63) is 29.8 Å². The molecule has 1 spiro atoms. The van der Waals surface area contributed by atoms with Gasteiger partial charge in [-0.3, -0.25) is 4.79 Å². The molecule has 0 aliphatic carbocycles. The number of rotatable bonds is 3. The summed E-state index contributed by atoms with van der Waals surface area (Å²) < 4.78 is 33.2. The number of carbonyl (C=O) groups is 1. The van der Waals surface area contributed by atoms with Gasteiger partial charge in [-0.2, -0.15) is 4.31 Å². The fraction of sp³-hybridized carbons (Fsp3) is 0.611. The van der Waals surface area contributed by atoms with E-state index in [1.807, 2.05) is 0 Å². The van der Waals surface area contributed by atoms with E-state index in [1.54, 1.807) is 12.1 Å². The fourth-order valence-corrected chi connectivity index (χ4v) is 4.86. The van der Waals surface area contributed by atoms with Gasteiger partial charge in [0.1, 0.15) is 5.72 Å². The van der Waals surface area contributed by atoms with Crippen LogP contribution in [-0.2, 0) is 14.8 Å². The summed E-state index contributed by atoms with van der Waals surface area (Å²) in [5, 5.41) is 3.23. The zero-order valence-corrected chi connectivity index (χ0v) is 16.1. The lowest BCUT2D eigenvalue weighted by Crippen LogP contribution is -2.53. The molecule has 0 aromatic heterocycles. The second-order valence-electron chi connectivity index (χ2n) is 6.41. The number of hydrogen-bond donors (Lipinski definition) is 1. The van der Waals surface area contributed by atoms with Gasteiger partial charge in [-0.05, 0) is 32.1 Å². The SMILES string of the molecule is CC(=O)c1ccc(S(=O)(=O)N2CCOC23CCNCC3)cc1.CCC. The molecule has 6 nitrogen and oxygen atoms in total. The van der Waals surface area contributed by atoms with Crippen LogP contribution in [0.4, 0.5) is 0 Å². The molecule has 7 heteroatoms. The van der Waals surface area contributed by atoms with E-state index in [4.69, 9.17) is 4.74 Å². The van der Waals surface area contributed by atoms with Gasteiger partial charge in [0.05, 0.1) is 11.5 Å². The Balaban J connectivity index is 0.000000701. The zero-order valence-electron chi connectivity index (χ0n) is 15.2. The Labute approximate surface area is 150 Å². The quantitative estimate of drug-likeness (QED) is 0.829. The zero-order chi connectivity index (χ0) is 18.5. The molecule has 0 radical (unpaired) electrons. The molecule has 25 heavy (non-hydrogen) atoms. The highest BCUT2D eigenvalue weighted by Crippen LogP contribution is 2.36. The molecule has 1 N–H and O–H groups in total. The van der Waals surface area contributed by atoms with Crippen LogP contribution in [0.5, 0.6) is 0 Å². The summed E-state index contributed by atoms with van der Waals surface area (Å²) in [5.74, 6) is -0.0803. The summed E-state index contributed by atoms with van der Waals surface area (Å²) in [4.78, 5) is 11.5. The number of nitrogens with one attached hydrogen (secondary N) is 1. The third kappa shape index (κ3) is 4.28. The van der Waals surface area contributed by atoms with E-state index in [1.165, 1.54) is 29.8 Å². The van der Waals surface area contributed by atoms with E-state index in [0.29, 0.717) is 31.6 Å². The molecule has 3 rings (SSSR count). The first-order chi connectivity index (χ1) is 11.9. The first-order valence-electron chi connectivity index (χ1n) is 8.86. The van der Waals surface area contributed by atoms with Crippen molar-refractivity contribution < 1.29 is 17.9 Å². The minimum absolute atomic E-state index is 0.0803. The maximum atomic E-state index is 12.9. The standard InChI is InChI=1S/C15H20N2O4S.C3H8/c1-12(18)13-2-4-14(5-3-13)22(19,20)17-10-11-21-15(17)6-8-16-9-7-15;1-3-2/h2-5,16H,6-11H2,1H3;3H2,1-2H3. The Bertz CT molecular complexity index is 680. The molecule has 2 saturated heterocycles. The molecule has 0 saturated carbocycles. The molecule has 2 aliphatic heterocycles. The Hall–Kier alpha value is -1.28. The summed E-state index contributed by atoms with van der Waals surface area (Å²) in [6, 6.07) is 6.11. The molecule has 2 heterocycles. The van der Waals surface area contributed by atoms with Gasteiger partial charge in [-0.1, -0.05) is 32.4 Å². The lowest BCUT2D eigenvalue weighted by molar-refractivity contribution is -0.0704. The van der Waals surface area contributed by atoms with E-state index in [-0.39, 0.29) is 10.7 Å². The van der Waals surface area contributed by atoms with Crippen LogP contribution < -0.4 is 5.32 Å². The third-order valence-corrected chi connectivity index (χ3v) is 6.32. The Morgan fingerprint density at radius 2 is 1.76 bits per heavy atom. The van der Waals surface area contributed by atoms with Crippen molar-refractivity contribution in [2.45, 2.75) is 50.7 Å². The van der Waals surface area contributed by atoms with Crippen LogP contribution in [0, 0.1) is 0 Å². The summed E-state index contributed by atoms with van der Waals surface area (Å²) in [6.45, 7) is 7.99.